The number of aliphatic imine (C=N–C) groups is 1. The number of alkyl halides is 6. The predicted molar refractivity (Wildman–Crippen MR) is 105 cm³/mol. The second-order valence-electron chi connectivity index (χ2n) is 7.87. The number of amides is 1. The van der Waals surface area contributed by atoms with E-state index in [9.17, 15) is 35.5 Å². The topological polar surface area (TPSA) is 112 Å². The van der Waals surface area contributed by atoms with Gasteiger partial charge >= 0.3 is 6.61 Å². The maximum Gasteiger partial charge on any atom is 0.388 e. The van der Waals surface area contributed by atoms with Crippen molar-refractivity contribution in [2.24, 2.45) is 16.6 Å². The van der Waals surface area contributed by atoms with Crippen molar-refractivity contribution in [1.29, 1.82) is 0 Å². The lowest BCUT2D eigenvalue weighted by Crippen LogP contribution is -2.51. The van der Waals surface area contributed by atoms with Crippen molar-refractivity contribution in [3.63, 3.8) is 0 Å². The molecule has 4 rings (SSSR count). The number of halogens is 7. The summed E-state index contributed by atoms with van der Waals surface area (Å²) in [6, 6.07) is 1.82. The molecular weight excluding hydrogens is 491 g/mol. The molecule has 1 aliphatic carbocycles. The Morgan fingerprint density at radius 3 is 2.54 bits per heavy atom. The summed E-state index contributed by atoms with van der Waals surface area (Å²) >= 11 is 0. The predicted octanol–water partition coefficient (Wildman–Crippen LogP) is 3.69. The van der Waals surface area contributed by atoms with Crippen LogP contribution in [0.4, 0.5) is 36.4 Å². The van der Waals surface area contributed by atoms with Gasteiger partial charge in [-0.2, -0.15) is 8.78 Å². The van der Waals surface area contributed by atoms with Crippen molar-refractivity contribution in [3.05, 3.63) is 47.7 Å². The van der Waals surface area contributed by atoms with Crippen LogP contribution in [0.15, 0.2) is 35.6 Å². The first-order chi connectivity index (χ1) is 16.4. The molecule has 1 aromatic heterocycles. The molecule has 3 atom stereocenters. The zero-order valence-electron chi connectivity index (χ0n) is 17.4. The highest BCUT2D eigenvalue weighted by atomic mass is 19.3. The summed E-state index contributed by atoms with van der Waals surface area (Å²) in [4.78, 5) is 23.1. The number of hydrogen-bond acceptors (Lipinski definition) is 7. The molecule has 1 fully saturated rings. The van der Waals surface area contributed by atoms with Crippen LogP contribution in [0.1, 0.15) is 28.9 Å². The third kappa shape index (κ3) is 4.66. The van der Waals surface area contributed by atoms with Crippen LogP contribution in [-0.4, -0.2) is 47.0 Å². The van der Waals surface area contributed by atoms with E-state index in [0.29, 0.717) is 0 Å². The summed E-state index contributed by atoms with van der Waals surface area (Å²) in [5.74, 6) is -7.68. The fourth-order valence-corrected chi connectivity index (χ4v) is 4.26. The largest absolute Gasteiger partial charge is 0.461 e. The number of nitrogens with zero attached hydrogens (tertiary/aromatic N) is 3. The summed E-state index contributed by atoms with van der Waals surface area (Å²) in [6.07, 6.45) is -5.27. The molecule has 1 aliphatic heterocycles. The van der Waals surface area contributed by atoms with E-state index in [4.69, 9.17) is 10.5 Å². The van der Waals surface area contributed by atoms with Crippen molar-refractivity contribution in [1.82, 2.24) is 9.97 Å². The number of fused-ring (bicyclic) bond motifs is 1. The van der Waals surface area contributed by atoms with Crippen molar-refractivity contribution < 1.29 is 45.0 Å². The van der Waals surface area contributed by atoms with Gasteiger partial charge in [0, 0.05) is 30.0 Å². The van der Waals surface area contributed by atoms with Crippen molar-refractivity contribution in [3.8, 4) is 5.88 Å². The first-order valence-corrected chi connectivity index (χ1v) is 9.97. The highest BCUT2D eigenvalue weighted by Crippen LogP contribution is 2.55. The minimum atomic E-state index is -3.46. The SMILES string of the molecule is NC1=N[C@@](c2cc(NC(=O)c3cnc(OC(F)F)cn3)ccc2F)(C(F)F)[C@H]2CC(F)(F)C[C@H]2O1. The van der Waals surface area contributed by atoms with Gasteiger partial charge in [0.25, 0.3) is 24.3 Å². The molecular formula is C20H16F7N5O3. The monoisotopic (exact) mass is 507 g/mol. The van der Waals surface area contributed by atoms with Gasteiger partial charge in [-0.1, -0.05) is 0 Å². The Morgan fingerprint density at radius 2 is 1.91 bits per heavy atom. The number of carbonyl (C=O) groups is 1. The number of hydrogen-bond donors (Lipinski definition) is 2. The molecule has 1 saturated carbocycles. The lowest BCUT2D eigenvalue weighted by molar-refractivity contribution is -0.0531. The van der Waals surface area contributed by atoms with Gasteiger partial charge in [-0.05, 0) is 18.2 Å². The van der Waals surface area contributed by atoms with Crippen LogP contribution in [0.3, 0.4) is 0 Å². The number of anilines is 1. The van der Waals surface area contributed by atoms with Crippen molar-refractivity contribution in [2.45, 2.75) is 43.4 Å². The average Bonchev–Trinajstić information content (AvgIpc) is 3.08. The molecule has 15 heteroatoms. The molecule has 8 nitrogen and oxygen atoms in total. The number of nitrogens with two attached hydrogens (primary N) is 1. The Balaban J connectivity index is 1.67. The van der Waals surface area contributed by atoms with Crippen LogP contribution in [0.25, 0.3) is 0 Å². The molecule has 188 valence electrons. The second kappa shape index (κ2) is 8.85. The van der Waals surface area contributed by atoms with Gasteiger partial charge in [0.2, 0.25) is 5.88 Å². The molecule has 3 N–H and O–H groups in total. The summed E-state index contributed by atoms with van der Waals surface area (Å²) in [5, 5.41) is 2.27. The van der Waals surface area contributed by atoms with Crippen LogP contribution in [0.5, 0.6) is 5.88 Å². The van der Waals surface area contributed by atoms with Gasteiger partial charge in [0.05, 0.1) is 12.4 Å². The fourth-order valence-electron chi connectivity index (χ4n) is 4.26. The Hall–Kier alpha value is -3.65. The first kappa shape index (κ1) is 24.5. The summed E-state index contributed by atoms with van der Waals surface area (Å²) in [6.45, 7) is -3.16. The van der Waals surface area contributed by atoms with Gasteiger partial charge < -0.3 is 20.5 Å². The molecule has 2 aromatic rings. The number of aromatic nitrogens is 2. The van der Waals surface area contributed by atoms with E-state index in [1.807, 2.05) is 0 Å². The van der Waals surface area contributed by atoms with E-state index in [0.717, 1.165) is 30.6 Å². The molecule has 1 aromatic carbocycles. The van der Waals surface area contributed by atoms with E-state index in [1.54, 1.807) is 0 Å². The third-order valence-electron chi connectivity index (χ3n) is 5.66. The van der Waals surface area contributed by atoms with E-state index < -0.39 is 78.6 Å². The minimum absolute atomic E-state index is 0.206. The Labute approximate surface area is 192 Å². The number of benzene rings is 1. The lowest BCUT2D eigenvalue weighted by atomic mass is 9.75. The zero-order chi connectivity index (χ0) is 25.5. The van der Waals surface area contributed by atoms with Crippen molar-refractivity contribution >= 4 is 17.6 Å². The van der Waals surface area contributed by atoms with E-state index in [1.165, 1.54) is 0 Å². The molecule has 35 heavy (non-hydrogen) atoms. The molecule has 0 radical (unpaired) electrons. The van der Waals surface area contributed by atoms with Crippen LogP contribution in [0.2, 0.25) is 0 Å². The maximum atomic E-state index is 14.9. The van der Waals surface area contributed by atoms with Crippen LogP contribution >= 0.6 is 0 Å². The zero-order valence-corrected chi connectivity index (χ0v) is 17.4. The van der Waals surface area contributed by atoms with Gasteiger partial charge in [0.1, 0.15) is 17.6 Å². The fraction of sp³-hybridized carbons (Fsp3) is 0.400. The second-order valence-corrected chi connectivity index (χ2v) is 7.87. The number of rotatable bonds is 6. The summed E-state index contributed by atoms with van der Waals surface area (Å²) in [7, 11) is 0. The molecule has 0 bridgehead atoms. The Bertz CT molecular complexity index is 1150. The summed E-state index contributed by atoms with van der Waals surface area (Å²) < 4.78 is 106. The number of amidine groups is 1. The van der Waals surface area contributed by atoms with E-state index in [-0.39, 0.29) is 11.4 Å². The smallest absolute Gasteiger partial charge is 0.388 e. The molecule has 0 spiro atoms. The molecule has 0 saturated heterocycles. The minimum Gasteiger partial charge on any atom is -0.461 e. The number of carbonyl (C=O) groups excluding carboxylic acids is 1. The van der Waals surface area contributed by atoms with Crippen LogP contribution in [-0.2, 0) is 10.3 Å². The average molecular weight is 507 g/mol. The summed E-state index contributed by atoms with van der Waals surface area (Å²) in [5.41, 5.74) is 1.36. The van der Waals surface area contributed by atoms with Crippen LogP contribution in [0, 0.1) is 11.7 Å². The lowest BCUT2D eigenvalue weighted by Gasteiger charge is -2.41. The normalized spacial score (nSPS) is 25.1. The van der Waals surface area contributed by atoms with E-state index in [2.05, 4.69) is 25.0 Å². The Morgan fingerprint density at radius 1 is 1.17 bits per heavy atom. The standard InChI is InChI=1S/C20H16F7N5O3/c21-11-2-1-8(31-15(33)12-6-30-14(7-29-12)35-17(24)25)3-9(11)20(16(22)23)10-4-19(26,27)5-13(10)34-18(28)32-20/h1-3,6-7,10,13,16-17H,4-5H2,(H2,28,32)(H,31,33)/t10-,13+,20+/m0/s1. The van der Waals surface area contributed by atoms with Crippen LogP contribution < -0.4 is 15.8 Å². The molecule has 2 heterocycles. The van der Waals surface area contributed by atoms with Gasteiger partial charge in [0.15, 0.2) is 5.54 Å². The van der Waals surface area contributed by atoms with Gasteiger partial charge in [-0.3, -0.25) is 4.79 Å². The molecule has 0 unspecified atom stereocenters. The van der Waals surface area contributed by atoms with Crippen molar-refractivity contribution in [2.75, 3.05) is 5.32 Å². The third-order valence-corrected chi connectivity index (χ3v) is 5.66. The maximum absolute atomic E-state index is 14.9. The van der Waals surface area contributed by atoms with E-state index >= 15 is 0 Å². The quantitative estimate of drug-likeness (QED) is 0.577. The van der Waals surface area contributed by atoms with Gasteiger partial charge in [-0.15, -0.1) is 0 Å². The molecule has 1 amide bonds. The number of nitrogens with one attached hydrogen (secondary N) is 1. The van der Waals surface area contributed by atoms with Gasteiger partial charge in [-0.25, -0.2) is 36.9 Å². The Kier molecular flexibility index (Phi) is 6.19. The number of ether oxygens (including phenoxy) is 2. The molecule has 2 aliphatic rings. The first-order valence-electron chi connectivity index (χ1n) is 9.97. The highest BCUT2D eigenvalue weighted by molar-refractivity contribution is 6.02. The highest BCUT2D eigenvalue weighted by Gasteiger charge is 2.63.